The Hall–Kier alpha value is -1.55. The van der Waals surface area contributed by atoms with Gasteiger partial charge in [0.2, 0.25) is 0 Å². The van der Waals surface area contributed by atoms with Crippen molar-refractivity contribution in [2.75, 3.05) is 19.6 Å². The minimum absolute atomic E-state index is 0.507. The van der Waals surface area contributed by atoms with Gasteiger partial charge in [0, 0.05) is 18.5 Å². The van der Waals surface area contributed by atoms with E-state index in [2.05, 4.69) is 28.4 Å². The van der Waals surface area contributed by atoms with E-state index < -0.39 is 6.09 Å². The first-order chi connectivity index (χ1) is 13.2. The monoisotopic (exact) mass is 370 g/mol. The zero-order valence-electron chi connectivity index (χ0n) is 16.5. The van der Waals surface area contributed by atoms with Crippen molar-refractivity contribution in [1.82, 2.24) is 10.2 Å². The molecule has 1 amide bonds. The van der Waals surface area contributed by atoms with Crippen LogP contribution in [0.1, 0.15) is 74.0 Å². The number of hydrogen-bond donors (Lipinski definition) is 2. The summed E-state index contributed by atoms with van der Waals surface area (Å²) in [4.78, 5) is 13.5. The molecule has 4 rings (SSSR count). The van der Waals surface area contributed by atoms with E-state index in [0.717, 1.165) is 24.8 Å². The van der Waals surface area contributed by atoms with Crippen LogP contribution in [0, 0.1) is 5.92 Å². The summed E-state index contributed by atoms with van der Waals surface area (Å²) < 4.78 is 0. The average molecular weight is 371 g/mol. The van der Waals surface area contributed by atoms with Gasteiger partial charge in [-0.2, -0.15) is 0 Å². The van der Waals surface area contributed by atoms with E-state index in [1.807, 2.05) is 0 Å². The summed E-state index contributed by atoms with van der Waals surface area (Å²) in [7, 11) is 0. The predicted octanol–water partition coefficient (Wildman–Crippen LogP) is 4.57. The van der Waals surface area contributed by atoms with E-state index in [4.69, 9.17) is 5.11 Å². The van der Waals surface area contributed by atoms with E-state index >= 15 is 0 Å². The Kier molecular flexibility index (Phi) is 6.01. The van der Waals surface area contributed by atoms with Crippen molar-refractivity contribution in [2.24, 2.45) is 5.92 Å². The highest BCUT2D eigenvalue weighted by atomic mass is 16.4. The molecule has 1 saturated heterocycles. The Morgan fingerprint density at radius 2 is 2.00 bits per heavy atom. The molecule has 0 spiro atoms. The third kappa shape index (κ3) is 4.31. The molecule has 1 aromatic carbocycles. The lowest BCUT2D eigenvalue weighted by Crippen LogP contribution is -2.36. The van der Waals surface area contributed by atoms with Gasteiger partial charge in [0.15, 0.2) is 0 Å². The average Bonchev–Trinajstić information content (AvgIpc) is 3.10. The van der Waals surface area contributed by atoms with Gasteiger partial charge < -0.3 is 10.4 Å². The molecule has 0 unspecified atom stereocenters. The molecule has 2 atom stereocenters. The van der Waals surface area contributed by atoms with Gasteiger partial charge in [-0.3, -0.25) is 4.90 Å². The van der Waals surface area contributed by atoms with Gasteiger partial charge in [-0.15, -0.1) is 0 Å². The standard InChI is InChI=1S/C23H34N2O2/c26-23(27)24-14-11-18-7-4-8-20-19(18)9-10-22-21(20)13-16-25(22)15-12-17-5-2-1-3-6-17/h4,7-8,17,21-22,24H,1-3,5-6,9-16H2,(H,26,27)/t21-,22+/m1/s1. The van der Waals surface area contributed by atoms with Crippen LogP contribution < -0.4 is 5.32 Å². The molecule has 4 heteroatoms. The van der Waals surface area contributed by atoms with Crippen LogP contribution >= 0.6 is 0 Å². The van der Waals surface area contributed by atoms with Crippen molar-refractivity contribution >= 4 is 6.09 Å². The van der Waals surface area contributed by atoms with Crippen LogP contribution in [0.25, 0.3) is 0 Å². The van der Waals surface area contributed by atoms with Gasteiger partial charge in [-0.25, -0.2) is 4.79 Å². The molecule has 0 bridgehead atoms. The van der Waals surface area contributed by atoms with Crippen LogP contribution in [-0.4, -0.2) is 41.8 Å². The van der Waals surface area contributed by atoms with Crippen LogP contribution in [-0.2, 0) is 12.8 Å². The highest BCUT2D eigenvalue weighted by molar-refractivity contribution is 5.64. The molecular formula is C23H34N2O2. The van der Waals surface area contributed by atoms with Gasteiger partial charge in [-0.05, 0) is 67.8 Å². The number of amides is 1. The summed E-state index contributed by atoms with van der Waals surface area (Å²) in [5.41, 5.74) is 4.42. The normalized spacial score (nSPS) is 25.8. The maximum absolute atomic E-state index is 10.7. The highest BCUT2D eigenvalue weighted by Gasteiger charge is 2.38. The molecule has 27 heavy (non-hydrogen) atoms. The Balaban J connectivity index is 1.38. The predicted molar refractivity (Wildman–Crippen MR) is 108 cm³/mol. The fraction of sp³-hybridized carbons (Fsp3) is 0.696. The van der Waals surface area contributed by atoms with Gasteiger partial charge in [0.05, 0.1) is 0 Å². The van der Waals surface area contributed by atoms with Gasteiger partial charge in [0.1, 0.15) is 0 Å². The quantitative estimate of drug-likeness (QED) is 0.771. The van der Waals surface area contributed by atoms with E-state index in [1.54, 1.807) is 5.56 Å². The zero-order chi connectivity index (χ0) is 18.6. The fourth-order valence-corrected chi connectivity index (χ4v) is 5.90. The molecule has 1 aliphatic heterocycles. The molecule has 148 valence electrons. The maximum atomic E-state index is 10.7. The largest absolute Gasteiger partial charge is 0.465 e. The SMILES string of the molecule is O=C(O)NCCc1cccc2c1CC[C@H]1[C@@H]2CCN1CCC1CCCCC1. The number of rotatable bonds is 6. The lowest BCUT2D eigenvalue weighted by atomic mass is 9.77. The molecule has 1 heterocycles. The number of nitrogens with zero attached hydrogens (tertiary/aromatic N) is 1. The third-order valence-corrected chi connectivity index (χ3v) is 7.28. The number of benzene rings is 1. The van der Waals surface area contributed by atoms with Crippen molar-refractivity contribution in [2.45, 2.75) is 76.2 Å². The van der Waals surface area contributed by atoms with Crippen LogP contribution in [0.5, 0.6) is 0 Å². The second-order valence-electron chi connectivity index (χ2n) is 8.80. The van der Waals surface area contributed by atoms with E-state index in [-0.39, 0.29) is 0 Å². The second-order valence-corrected chi connectivity index (χ2v) is 8.80. The maximum Gasteiger partial charge on any atom is 0.404 e. The minimum Gasteiger partial charge on any atom is -0.465 e. The van der Waals surface area contributed by atoms with Crippen molar-refractivity contribution in [3.8, 4) is 0 Å². The summed E-state index contributed by atoms with van der Waals surface area (Å²) in [6.45, 7) is 3.06. The van der Waals surface area contributed by atoms with E-state index in [0.29, 0.717) is 12.5 Å². The number of carbonyl (C=O) groups is 1. The third-order valence-electron chi connectivity index (χ3n) is 7.28. The first kappa shape index (κ1) is 18.8. The van der Waals surface area contributed by atoms with Crippen molar-refractivity contribution < 1.29 is 9.90 Å². The minimum atomic E-state index is -0.927. The van der Waals surface area contributed by atoms with Crippen LogP contribution in [0.3, 0.4) is 0 Å². The van der Waals surface area contributed by atoms with Crippen LogP contribution in [0.4, 0.5) is 4.79 Å². The lowest BCUT2D eigenvalue weighted by molar-refractivity contribution is 0.194. The van der Waals surface area contributed by atoms with Gasteiger partial charge in [-0.1, -0.05) is 50.3 Å². The number of nitrogens with one attached hydrogen (secondary N) is 1. The molecule has 2 fully saturated rings. The summed E-state index contributed by atoms with van der Waals surface area (Å²) in [6, 6.07) is 7.44. The molecule has 0 radical (unpaired) electrons. The smallest absolute Gasteiger partial charge is 0.404 e. The molecule has 4 nitrogen and oxygen atoms in total. The topological polar surface area (TPSA) is 52.6 Å². The second kappa shape index (κ2) is 8.64. The molecule has 0 aromatic heterocycles. The fourth-order valence-electron chi connectivity index (χ4n) is 5.90. The first-order valence-electron chi connectivity index (χ1n) is 11.0. The van der Waals surface area contributed by atoms with Gasteiger partial charge in [0.25, 0.3) is 0 Å². The van der Waals surface area contributed by atoms with E-state index in [9.17, 15) is 4.79 Å². The Labute approximate surface area is 163 Å². The molecular weight excluding hydrogens is 336 g/mol. The molecule has 3 aliphatic rings. The summed E-state index contributed by atoms with van der Waals surface area (Å²) >= 11 is 0. The summed E-state index contributed by atoms with van der Waals surface area (Å²) in [6.07, 6.45) is 12.2. The number of fused-ring (bicyclic) bond motifs is 3. The zero-order valence-corrected chi connectivity index (χ0v) is 16.5. The Bertz CT molecular complexity index is 654. The molecule has 2 aliphatic carbocycles. The van der Waals surface area contributed by atoms with Crippen molar-refractivity contribution in [3.05, 3.63) is 34.9 Å². The van der Waals surface area contributed by atoms with E-state index in [1.165, 1.54) is 75.6 Å². The number of hydrogen-bond acceptors (Lipinski definition) is 2. The summed E-state index contributed by atoms with van der Waals surface area (Å²) in [5, 5.41) is 11.3. The molecule has 2 N–H and O–H groups in total. The Morgan fingerprint density at radius 1 is 1.15 bits per heavy atom. The number of carboxylic acid groups (broad SMARTS) is 1. The lowest BCUT2D eigenvalue weighted by Gasteiger charge is -2.35. The van der Waals surface area contributed by atoms with Crippen LogP contribution in [0.2, 0.25) is 0 Å². The van der Waals surface area contributed by atoms with Crippen molar-refractivity contribution in [1.29, 1.82) is 0 Å². The molecule has 1 aromatic rings. The van der Waals surface area contributed by atoms with Crippen molar-refractivity contribution in [3.63, 3.8) is 0 Å². The highest BCUT2D eigenvalue weighted by Crippen LogP contribution is 2.43. The summed E-state index contributed by atoms with van der Waals surface area (Å²) in [5.74, 6) is 1.66. The molecule has 1 saturated carbocycles. The van der Waals surface area contributed by atoms with Gasteiger partial charge >= 0.3 is 6.09 Å². The first-order valence-corrected chi connectivity index (χ1v) is 11.0. The Morgan fingerprint density at radius 3 is 2.81 bits per heavy atom. The number of likely N-dealkylation sites (tertiary alicyclic amines) is 1. The van der Waals surface area contributed by atoms with Crippen LogP contribution in [0.15, 0.2) is 18.2 Å².